The van der Waals surface area contributed by atoms with E-state index in [0.29, 0.717) is 0 Å². The molecular formula is C52H34N2S. The molecule has 0 spiro atoms. The number of hydrogen-bond donors (Lipinski definition) is 0. The number of nitrogens with zero attached hydrogens (tertiary/aromatic N) is 2. The van der Waals surface area contributed by atoms with Crippen LogP contribution in [0.25, 0.3) is 80.7 Å². The molecule has 2 heterocycles. The summed E-state index contributed by atoms with van der Waals surface area (Å²) >= 11 is 1.87. The molecule has 11 aromatic rings. The zero-order valence-electron chi connectivity index (χ0n) is 29.9. The Morgan fingerprint density at radius 2 is 1.00 bits per heavy atom. The van der Waals surface area contributed by atoms with Gasteiger partial charge in [0, 0.05) is 48.4 Å². The molecule has 0 fully saturated rings. The molecule has 0 saturated heterocycles. The molecular weight excluding hydrogens is 685 g/mol. The second kappa shape index (κ2) is 12.9. The van der Waals surface area contributed by atoms with Crippen molar-refractivity contribution in [3.8, 4) is 27.9 Å². The minimum Gasteiger partial charge on any atom is -0.308 e. The van der Waals surface area contributed by atoms with E-state index < -0.39 is 0 Å². The van der Waals surface area contributed by atoms with Crippen LogP contribution < -0.4 is 4.90 Å². The molecule has 0 amide bonds. The van der Waals surface area contributed by atoms with E-state index in [-0.39, 0.29) is 0 Å². The maximum Gasteiger partial charge on any atom is 0.0640 e. The number of hydrogen-bond acceptors (Lipinski definition) is 2. The lowest BCUT2D eigenvalue weighted by Crippen LogP contribution is -2.11. The molecule has 2 nitrogen and oxygen atoms in total. The molecule has 2 aromatic heterocycles. The number of fused-ring (bicyclic) bond motifs is 7. The summed E-state index contributed by atoms with van der Waals surface area (Å²) < 4.78 is 5.08. The van der Waals surface area contributed by atoms with Gasteiger partial charge in [0.1, 0.15) is 0 Å². The summed E-state index contributed by atoms with van der Waals surface area (Å²) in [7, 11) is 0. The van der Waals surface area contributed by atoms with Crippen LogP contribution in [0.5, 0.6) is 0 Å². The predicted molar refractivity (Wildman–Crippen MR) is 237 cm³/mol. The molecule has 0 saturated carbocycles. The van der Waals surface area contributed by atoms with Crippen molar-refractivity contribution in [2.24, 2.45) is 0 Å². The van der Waals surface area contributed by atoms with Gasteiger partial charge in [-0.05, 0) is 52.9 Å². The van der Waals surface area contributed by atoms with Gasteiger partial charge in [0.15, 0.2) is 0 Å². The molecule has 258 valence electrons. The molecule has 0 atom stereocenters. The maximum absolute atomic E-state index is 2.51. The second-order valence-electron chi connectivity index (χ2n) is 14.1. The van der Waals surface area contributed by atoms with E-state index in [1.807, 2.05) is 11.3 Å². The summed E-state index contributed by atoms with van der Waals surface area (Å²) in [4.78, 5) is 2.49. The monoisotopic (exact) mass is 718 g/mol. The van der Waals surface area contributed by atoms with Crippen molar-refractivity contribution in [1.29, 1.82) is 0 Å². The highest BCUT2D eigenvalue weighted by atomic mass is 32.1. The molecule has 9 aromatic carbocycles. The molecule has 0 N–H and O–H groups in total. The molecule has 11 rings (SSSR count). The number of rotatable bonds is 6. The predicted octanol–water partition coefficient (Wildman–Crippen LogP) is 15.1. The third-order valence-corrected chi connectivity index (χ3v) is 12.2. The van der Waals surface area contributed by atoms with Crippen LogP contribution in [0.15, 0.2) is 206 Å². The standard InChI is InChI=1S/C52H34N2S/c1-3-16-35(17-4-1)39-21-9-12-26-46(39)53(48-28-15-25-45-44-24-11-14-29-50(44)55-52(45)48)38-31-33-43-42-23-10-13-27-47(42)54(49(43)34-38)51-40-22-8-7-20-37(40)30-32-41(51)36-18-5-2-6-19-36/h1-34H. The van der Waals surface area contributed by atoms with Gasteiger partial charge < -0.3 is 9.47 Å². The topological polar surface area (TPSA) is 8.17 Å². The number of para-hydroxylation sites is 2. The van der Waals surface area contributed by atoms with Crippen molar-refractivity contribution in [3.05, 3.63) is 206 Å². The fourth-order valence-electron chi connectivity index (χ4n) is 8.53. The van der Waals surface area contributed by atoms with E-state index in [4.69, 9.17) is 0 Å². The average molecular weight is 719 g/mol. The summed E-state index contributed by atoms with van der Waals surface area (Å²) in [5, 5.41) is 7.47. The normalized spacial score (nSPS) is 11.6. The van der Waals surface area contributed by atoms with Crippen LogP contribution in [0.3, 0.4) is 0 Å². The first kappa shape index (κ1) is 31.6. The van der Waals surface area contributed by atoms with Gasteiger partial charge in [0.25, 0.3) is 0 Å². The Balaban J connectivity index is 1.25. The van der Waals surface area contributed by atoms with Gasteiger partial charge >= 0.3 is 0 Å². The number of thiophene rings is 1. The quantitative estimate of drug-likeness (QED) is 0.166. The highest BCUT2D eigenvalue weighted by molar-refractivity contribution is 7.26. The Hall–Kier alpha value is -6.94. The van der Waals surface area contributed by atoms with E-state index in [9.17, 15) is 0 Å². The van der Waals surface area contributed by atoms with Crippen molar-refractivity contribution >= 4 is 81.1 Å². The van der Waals surface area contributed by atoms with Crippen LogP contribution >= 0.6 is 11.3 Å². The Bertz CT molecular complexity index is 3210. The van der Waals surface area contributed by atoms with E-state index in [2.05, 4.69) is 216 Å². The molecule has 55 heavy (non-hydrogen) atoms. The number of benzene rings is 9. The molecule has 3 heteroatoms. The fraction of sp³-hybridized carbons (Fsp3) is 0. The molecule has 0 aliphatic rings. The first-order chi connectivity index (χ1) is 27.3. The third kappa shape index (κ3) is 5.09. The molecule has 0 aliphatic heterocycles. The maximum atomic E-state index is 2.51. The second-order valence-corrected chi connectivity index (χ2v) is 15.1. The Morgan fingerprint density at radius 1 is 0.382 bits per heavy atom. The van der Waals surface area contributed by atoms with Gasteiger partial charge in [-0.2, -0.15) is 0 Å². The number of anilines is 3. The van der Waals surface area contributed by atoms with Crippen LogP contribution in [-0.2, 0) is 0 Å². The summed E-state index contributed by atoms with van der Waals surface area (Å²) in [6.07, 6.45) is 0. The van der Waals surface area contributed by atoms with Crippen molar-refractivity contribution in [3.63, 3.8) is 0 Å². The number of aromatic nitrogens is 1. The van der Waals surface area contributed by atoms with Crippen molar-refractivity contribution in [1.82, 2.24) is 4.57 Å². The van der Waals surface area contributed by atoms with Gasteiger partial charge in [-0.3, -0.25) is 0 Å². The first-order valence-corrected chi connectivity index (χ1v) is 19.6. The van der Waals surface area contributed by atoms with E-state index in [1.54, 1.807) is 0 Å². The van der Waals surface area contributed by atoms with E-state index >= 15 is 0 Å². The lowest BCUT2D eigenvalue weighted by atomic mass is 9.98. The van der Waals surface area contributed by atoms with Crippen LogP contribution in [0.2, 0.25) is 0 Å². The van der Waals surface area contributed by atoms with E-state index in [0.717, 1.165) is 16.9 Å². The molecule has 0 bridgehead atoms. The fourth-order valence-corrected chi connectivity index (χ4v) is 9.74. The van der Waals surface area contributed by atoms with Crippen LogP contribution in [-0.4, -0.2) is 4.57 Å². The van der Waals surface area contributed by atoms with Crippen LogP contribution in [0, 0.1) is 0 Å². The SMILES string of the molecule is c1ccc(-c2ccccc2N(c2ccc3c4ccccc4n(-c4c(-c5ccccc5)ccc5ccccc45)c3c2)c2cccc3c2sc2ccccc23)cc1. The van der Waals surface area contributed by atoms with Gasteiger partial charge in [-0.15, -0.1) is 11.3 Å². The zero-order valence-corrected chi connectivity index (χ0v) is 30.7. The first-order valence-electron chi connectivity index (χ1n) is 18.8. The largest absolute Gasteiger partial charge is 0.308 e. The lowest BCUT2D eigenvalue weighted by molar-refractivity contribution is 1.19. The molecule has 0 unspecified atom stereocenters. The highest BCUT2D eigenvalue weighted by Gasteiger charge is 2.24. The summed E-state index contributed by atoms with van der Waals surface area (Å²) in [6.45, 7) is 0. The van der Waals surface area contributed by atoms with Gasteiger partial charge in [-0.1, -0.05) is 170 Å². The van der Waals surface area contributed by atoms with Crippen LogP contribution in [0.1, 0.15) is 0 Å². The third-order valence-electron chi connectivity index (χ3n) is 11.0. The van der Waals surface area contributed by atoms with E-state index in [1.165, 1.54) is 80.9 Å². The smallest absolute Gasteiger partial charge is 0.0640 e. The van der Waals surface area contributed by atoms with Gasteiger partial charge in [-0.25, -0.2) is 0 Å². The van der Waals surface area contributed by atoms with Crippen LogP contribution in [0.4, 0.5) is 17.1 Å². The minimum absolute atomic E-state index is 1.10. The Labute approximate surface area is 323 Å². The zero-order chi connectivity index (χ0) is 36.3. The van der Waals surface area contributed by atoms with Crippen molar-refractivity contribution in [2.75, 3.05) is 4.90 Å². The molecule has 0 aliphatic carbocycles. The van der Waals surface area contributed by atoms with Crippen molar-refractivity contribution < 1.29 is 0 Å². The summed E-state index contributed by atoms with van der Waals surface area (Å²) in [5.41, 5.74) is 11.7. The Kier molecular flexibility index (Phi) is 7.39. The summed E-state index contributed by atoms with van der Waals surface area (Å²) in [5.74, 6) is 0. The Morgan fingerprint density at radius 3 is 1.84 bits per heavy atom. The van der Waals surface area contributed by atoms with Gasteiger partial charge in [0.05, 0.1) is 32.8 Å². The lowest BCUT2D eigenvalue weighted by Gasteiger charge is -2.28. The highest BCUT2D eigenvalue weighted by Crippen LogP contribution is 2.48. The average Bonchev–Trinajstić information content (AvgIpc) is 3.80. The minimum atomic E-state index is 1.10. The summed E-state index contributed by atoms with van der Waals surface area (Å²) in [6, 6.07) is 75.2. The van der Waals surface area contributed by atoms with Crippen molar-refractivity contribution in [2.45, 2.75) is 0 Å². The molecule has 0 radical (unpaired) electrons. The van der Waals surface area contributed by atoms with Gasteiger partial charge in [0.2, 0.25) is 0 Å².